The summed E-state index contributed by atoms with van der Waals surface area (Å²) in [7, 11) is 0. The van der Waals surface area contributed by atoms with E-state index in [1.165, 1.54) is 0 Å². The number of carbonyl (C=O) groups excluding carboxylic acids is 2. The first kappa shape index (κ1) is 16.8. The van der Waals surface area contributed by atoms with Gasteiger partial charge in [0.25, 0.3) is 5.91 Å². The first-order valence-electron chi connectivity index (χ1n) is 8.14. The highest BCUT2D eigenvalue weighted by Crippen LogP contribution is 2.31. The van der Waals surface area contributed by atoms with Crippen LogP contribution in [0.3, 0.4) is 0 Å². The number of ether oxygens (including phenoxy) is 3. The number of anilines is 1. The van der Waals surface area contributed by atoms with Crippen molar-refractivity contribution in [3.8, 4) is 11.5 Å². The fourth-order valence-electron chi connectivity index (χ4n) is 2.34. The quantitative estimate of drug-likeness (QED) is 0.846. The van der Waals surface area contributed by atoms with Gasteiger partial charge in [0.05, 0.1) is 12.2 Å². The number of hydrogen-bond acceptors (Lipinski definition) is 5. The molecule has 1 aliphatic heterocycles. The lowest BCUT2D eigenvalue weighted by Crippen LogP contribution is -2.40. The molecule has 1 atom stereocenters. The van der Waals surface area contributed by atoms with E-state index >= 15 is 0 Å². The number of carbonyl (C=O) groups is 2. The minimum Gasteiger partial charge on any atom is -0.485 e. The van der Waals surface area contributed by atoms with E-state index in [9.17, 15) is 9.59 Å². The van der Waals surface area contributed by atoms with Crippen LogP contribution in [0.2, 0.25) is 0 Å². The third-order valence-electron chi connectivity index (χ3n) is 3.63. The lowest BCUT2D eigenvalue weighted by molar-refractivity contribution is -0.125. The highest BCUT2D eigenvalue weighted by atomic mass is 16.6. The van der Waals surface area contributed by atoms with Gasteiger partial charge in [0.2, 0.25) is 6.10 Å². The molecule has 0 bridgehead atoms. The van der Waals surface area contributed by atoms with Crippen molar-refractivity contribution in [2.45, 2.75) is 19.4 Å². The Morgan fingerprint density at radius 3 is 2.56 bits per heavy atom. The molecule has 1 heterocycles. The van der Waals surface area contributed by atoms with Crippen LogP contribution in [0.15, 0.2) is 48.5 Å². The molecule has 6 nitrogen and oxygen atoms in total. The fraction of sp³-hybridized carbons (Fsp3) is 0.263. The van der Waals surface area contributed by atoms with Crippen molar-refractivity contribution in [1.29, 1.82) is 0 Å². The summed E-state index contributed by atoms with van der Waals surface area (Å²) < 4.78 is 16.3. The van der Waals surface area contributed by atoms with Crippen LogP contribution in [-0.4, -0.2) is 31.2 Å². The Labute approximate surface area is 145 Å². The topological polar surface area (TPSA) is 73.9 Å². The summed E-state index contributed by atoms with van der Waals surface area (Å²) in [6.45, 7) is 2.46. The number of benzene rings is 2. The van der Waals surface area contributed by atoms with E-state index in [1.807, 2.05) is 19.1 Å². The van der Waals surface area contributed by atoms with Crippen molar-refractivity contribution in [1.82, 2.24) is 0 Å². The summed E-state index contributed by atoms with van der Waals surface area (Å²) in [5.74, 6) is 0.487. The second-order valence-electron chi connectivity index (χ2n) is 5.57. The molecule has 2 aromatic carbocycles. The second kappa shape index (κ2) is 7.70. The molecule has 2 aromatic rings. The van der Waals surface area contributed by atoms with Crippen molar-refractivity contribution >= 4 is 17.6 Å². The zero-order valence-corrected chi connectivity index (χ0v) is 13.9. The molecule has 1 N–H and O–H groups in total. The summed E-state index contributed by atoms with van der Waals surface area (Å²) in [6.07, 6.45) is 0.0380. The molecule has 0 aliphatic carbocycles. The Kier molecular flexibility index (Phi) is 5.18. The van der Waals surface area contributed by atoms with Gasteiger partial charge in [-0.15, -0.1) is 0 Å². The fourth-order valence-corrected chi connectivity index (χ4v) is 2.34. The third kappa shape index (κ3) is 4.09. The van der Waals surface area contributed by atoms with E-state index in [2.05, 4.69) is 5.32 Å². The molecule has 0 saturated carbocycles. The number of rotatable bonds is 5. The molecule has 1 unspecified atom stereocenters. The van der Waals surface area contributed by atoms with Gasteiger partial charge in [0, 0.05) is 5.69 Å². The largest absolute Gasteiger partial charge is 0.485 e. The van der Waals surface area contributed by atoms with Gasteiger partial charge < -0.3 is 19.5 Å². The molecule has 0 radical (unpaired) electrons. The Bertz CT molecular complexity index is 757. The number of amides is 1. The van der Waals surface area contributed by atoms with Crippen LogP contribution >= 0.6 is 0 Å². The van der Waals surface area contributed by atoms with E-state index in [1.54, 1.807) is 36.4 Å². The van der Waals surface area contributed by atoms with E-state index in [4.69, 9.17) is 14.2 Å². The Balaban J connectivity index is 1.59. The van der Waals surface area contributed by atoms with Crippen LogP contribution in [0.1, 0.15) is 23.7 Å². The maximum Gasteiger partial charge on any atom is 0.338 e. The predicted octanol–water partition coefficient (Wildman–Crippen LogP) is 3.03. The molecular formula is C19H19NO5. The normalized spacial score (nSPS) is 15.3. The van der Waals surface area contributed by atoms with Gasteiger partial charge in [-0.25, -0.2) is 4.79 Å². The number of fused-ring (bicyclic) bond motifs is 1. The molecule has 0 aromatic heterocycles. The van der Waals surface area contributed by atoms with Crippen LogP contribution in [0, 0.1) is 0 Å². The van der Waals surface area contributed by atoms with Crippen LogP contribution in [0.5, 0.6) is 11.5 Å². The van der Waals surface area contributed by atoms with Gasteiger partial charge in [0.1, 0.15) is 6.61 Å². The van der Waals surface area contributed by atoms with Crippen molar-refractivity contribution in [3.05, 3.63) is 54.1 Å². The van der Waals surface area contributed by atoms with Gasteiger partial charge in [-0.3, -0.25) is 4.79 Å². The van der Waals surface area contributed by atoms with Crippen LogP contribution in [0.25, 0.3) is 0 Å². The monoisotopic (exact) mass is 341 g/mol. The number of esters is 1. The Morgan fingerprint density at radius 1 is 1.12 bits per heavy atom. The molecule has 130 valence electrons. The summed E-state index contributed by atoms with van der Waals surface area (Å²) in [5, 5.41) is 2.76. The van der Waals surface area contributed by atoms with Gasteiger partial charge in [-0.1, -0.05) is 19.1 Å². The lowest BCUT2D eigenvalue weighted by atomic mass is 10.2. The van der Waals surface area contributed by atoms with E-state index in [-0.39, 0.29) is 18.5 Å². The van der Waals surface area contributed by atoms with Gasteiger partial charge in [-0.05, 0) is 42.8 Å². The van der Waals surface area contributed by atoms with E-state index < -0.39 is 6.10 Å². The highest BCUT2D eigenvalue weighted by molar-refractivity contribution is 5.95. The smallest absolute Gasteiger partial charge is 0.338 e. The minimum absolute atomic E-state index is 0.143. The predicted molar refractivity (Wildman–Crippen MR) is 92.0 cm³/mol. The third-order valence-corrected chi connectivity index (χ3v) is 3.63. The summed E-state index contributed by atoms with van der Waals surface area (Å²) >= 11 is 0. The van der Waals surface area contributed by atoms with Crippen molar-refractivity contribution in [2.24, 2.45) is 0 Å². The molecule has 0 spiro atoms. The van der Waals surface area contributed by atoms with E-state index in [0.717, 1.165) is 6.42 Å². The summed E-state index contributed by atoms with van der Waals surface area (Å²) in [4.78, 5) is 24.1. The summed E-state index contributed by atoms with van der Waals surface area (Å²) in [6, 6.07) is 13.7. The average molecular weight is 341 g/mol. The average Bonchev–Trinajstić information content (AvgIpc) is 2.66. The van der Waals surface area contributed by atoms with Crippen LogP contribution < -0.4 is 14.8 Å². The summed E-state index contributed by atoms with van der Waals surface area (Å²) in [5.41, 5.74) is 1.01. The van der Waals surface area contributed by atoms with Gasteiger partial charge in [-0.2, -0.15) is 0 Å². The highest BCUT2D eigenvalue weighted by Gasteiger charge is 2.27. The van der Waals surface area contributed by atoms with Gasteiger partial charge >= 0.3 is 5.97 Å². The molecule has 0 saturated heterocycles. The second-order valence-corrected chi connectivity index (χ2v) is 5.57. The molecule has 1 amide bonds. The van der Waals surface area contributed by atoms with Crippen LogP contribution in [-0.2, 0) is 9.53 Å². The zero-order chi connectivity index (χ0) is 17.6. The first-order valence-corrected chi connectivity index (χ1v) is 8.14. The lowest BCUT2D eigenvalue weighted by Gasteiger charge is -2.25. The Morgan fingerprint density at radius 2 is 1.84 bits per heavy atom. The number of nitrogens with one attached hydrogen (secondary N) is 1. The maximum absolute atomic E-state index is 12.3. The first-order chi connectivity index (χ1) is 12.2. The molecule has 25 heavy (non-hydrogen) atoms. The molecule has 3 rings (SSSR count). The number of hydrogen-bond donors (Lipinski definition) is 1. The van der Waals surface area contributed by atoms with Crippen molar-refractivity contribution < 1.29 is 23.8 Å². The van der Waals surface area contributed by atoms with E-state index in [0.29, 0.717) is 29.4 Å². The zero-order valence-electron chi connectivity index (χ0n) is 13.9. The molecular weight excluding hydrogens is 322 g/mol. The molecule has 0 fully saturated rings. The Hall–Kier alpha value is -3.02. The SMILES string of the molecule is CCCOC(=O)c1ccc(NC(=O)C2COc3ccccc3O2)cc1. The molecule has 1 aliphatic rings. The standard InChI is InChI=1S/C19H19NO5/c1-2-11-23-19(22)13-7-9-14(10-8-13)20-18(21)17-12-24-15-5-3-4-6-16(15)25-17/h3-10,17H,2,11-12H2,1H3,(H,20,21). The number of para-hydroxylation sites is 2. The maximum atomic E-state index is 12.3. The minimum atomic E-state index is -0.732. The molecule has 6 heteroatoms. The van der Waals surface area contributed by atoms with Crippen LogP contribution in [0.4, 0.5) is 5.69 Å². The van der Waals surface area contributed by atoms with Crippen molar-refractivity contribution in [3.63, 3.8) is 0 Å². The van der Waals surface area contributed by atoms with Crippen molar-refractivity contribution in [2.75, 3.05) is 18.5 Å². The van der Waals surface area contributed by atoms with Gasteiger partial charge in [0.15, 0.2) is 11.5 Å².